The number of unbranched alkanes of at least 4 members (excludes halogenated alkanes) is 1. The summed E-state index contributed by atoms with van der Waals surface area (Å²) in [6.45, 7) is 4.12. The number of aryl methyl sites for hydroxylation is 2. The first-order valence-corrected chi connectivity index (χ1v) is 7.79. The minimum atomic E-state index is 0. The van der Waals surface area contributed by atoms with E-state index in [1.54, 1.807) is 0 Å². The molecule has 1 unspecified atom stereocenters. The van der Waals surface area contributed by atoms with Crippen LogP contribution in [0.1, 0.15) is 43.2 Å². The van der Waals surface area contributed by atoms with Gasteiger partial charge in [0.1, 0.15) is 0 Å². The molecule has 1 saturated heterocycles. The van der Waals surface area contributed by atoms with Crippen LogP contribution in [-0.4, -0.2) is 25.0 Å². The van der Waals surface area contributed by atoms with Crippen LogP contribution in [0.5, 0.6) is 0 Å². The monoisotopic (exact) mass is 310 g/mol. The van der Waals surface area contributed by atoms with Crippen molar-refractivity contribution in [3.8, 4) is 0 Å². The Hall–Kier alpha value is -1.06. The zero-order valence-electron chi connectivity index (χ0n) is 12.9. The lowest BCUT2D eigenvalue weighted by Crippen LogP contribution is -2.45. The molecule has 1 fully saturated rings. The molecule has 4 heteroatoms. The van der Waals surface area contributed by atoms with Crippen molar-refractivity contribution in [2.24, 2.45) is 0 Å². The second kappa shape index (κ2) is 9.80. The molecular weight excluding hydrogens is 284 g/mol. The minimum Gasteiger partial charge on any atom is -0.352 e. The van der Waals surface area contributed by atoms with E-state index in [2.05, 4.69) is 41.8 Å². The van der Waals surface area contributed by atoms with Crippen molar-refractivity contribution in [3.63, 3.8) is 0 Å². The van der Waals surface area contributed by atoms with E-state index in [9.17, 15) is 4.79 Å². The standard InChI is InChI=1S/C17H26N2O.ClH/c1-14-8-10-15(11-9-14)5-2-3-7-17(20)19-16-6-4-12-18-13-16;/h8-11,16,18H,2-7,12-13H2,1H3,(H,19,20);1H. The predicted octanol–water partition coefficient (Wildman–Crippen LogP) is 3.00. The Bertz CT molecular complexity index is 413. The number of piperidine rings is 1. The normalized spacial score (nSPS) is 17.9. The van der Waals surface area contributed by atoms with Gasteiger partial charge in [-0.25, -0.2) is 0 Å². The van der Waals surface area contributed by atoms with Crippen LogP contribution in [0.3, 0.4) is 0 Å². The fraction of sp³-hybridized carbons (Fsp3) is 0.588. The second-order valence-electron chi connectivity index (χ2n) is 5.80. The molecule has 0 radical (unpaired) electrons. The maximum absolute atomic E-state index is 11.8. The molecule has 2 N–H and O–H groups in total. The summed E-state index contributed by atoms with van der Waals surface area (Å²) in [7, 11) is 0. The molecule has 118 valence electrons. The first kappa shape index (κ1) is 18.0. The van der Waals surface area contributed by atoms with Gasteiger partial charge in [-0.05, 0) is 51.1 Å². The Labute approximate surface area is 134 Å². The van der Waals surface area contributed by atoms with Crippen molar-refractivity contribution in [3.05, 3.63) is 35.4 Å². The molecule has 1 aromatic carbocycles. The molecule has 0 spiro atoms. The fourth-order valence-corrected chi connectivity index (χ4v) is 2.64. The highest BCUT2D eigenvalue weighted by Crippen LogP contribution is 2.09. The Balaban J connectivity index is 0.00000220. The number of benzene rings is 1. The topological polar surface area (TPSA) is 41.1 Å². The quantitative estimate of drug-likeness (QED) is 0.793. The lowest BCUT2D eigenvalue weighted by atomic mass is 10.0. The SMILES string of the molecule is Cc1ccc(CCCCC(=O)NC2CCCNC2)cc1.Cl. The van der Waals surface area contributed by atoms with E-state index in [0.29, 0.717) is 12.5 Å². The van der Waals surface area contributed by atoms with Crippen LogP contribution in [0.2, 0.25) is 0 Å². The molecule has 1 atom stereocenters. The zero-order chi connectivity index (χ0) is 14.2. The zero-order valence-corrected chi connectivity index (χ0v) is 13.7. The van der Waals surface area contributed by atoms with E-state index >= 15 is 0 Å². The average Bonchev–Trinajstić information content (AvgIpc) is 2.46. The second-order valence-corrected chi connectivity index (χ2v) is 5.80. The Kier molecular flexibility index (Phi) is 8.40. The molecule has 1 amide bonds. The third-order valence-electron chi connectivity index (χ3n) is 3.90. The van der Waals surface area contributed by atoms with Crippen LogP contribution in [0.25, 0.3) is 0 Å². The smallest absolute Gasteiger partial charge is 0.220 e. The fourth-order valence-electron chi connectivity index (χ4n) is 2.64. The summed E-state index contributed by atoms with van der Waals surface area (Å²) in [5.74, 6) is 0.211. The van der Waals surface area contributed by atoms with Crippen LogP contribution in [-0.2, 0) is 11.2 Å². The Morgan fingerprint density at radius 1 is 1.29 bits per heavy atom. The number of hydrogen-bond acceptors (Lipinski definition) is 2. The van der Waals surface area contributed by atoms with Gasteiger partial charge < -0.3 is 10.6 Å². The molecule has 2 rings (SSSR count). The van der Waals surface area contributed by atoms with Gasteiger partial charge in [-0.3, -0.25) is 4.79 Å². The van der Waals surface area contributed by atoms with Crippen LogP contribution in [0.15, 0.2) is 24.3 Å². The third kappa shape index (κ3) is 6.96. The molecule has 1 aliphatic heterocycles. The third-order valence-corrected chi connectivity index (χ3v) is 3.90. The molecule has 0 saturated carbocycles. The largest absolute Gasteiger partial charge is 0.352 e. The van der Waals surface area contributed by atoms with Crippen molar-refractivity contribution in [2.45, 2.75) is 51.5 Å². The number of carbonyl (C=O) groups excluding carboxylic acids is 1. The summed E-state index contributed by atoms with van der Waals surface area (Å²) in [6, 6.07) is 9.01. The Morgan fingerprint density at radius 2 is 2.05 bits per heavy atom. The van der Waals surface area contributed by atoms with Gasteiger partial charge in [-0.2, -0.15) is 0 Å². The van der Waals surface area contributed by atoms with Crippen LogP contribution in [0, 0.1) is 6.92 Å². The maximum Gasteiger partial charge on any atom is 0.220 e. The van der Waals surface area contributed by atoms with E-state index in [1.807, 2.05) is 0 Å². The summed E-state index contributed by atoms with van der Waals surface area (Å²) >= 11 is 0. The van der Waals surface area contributed by atoms with Crippen molar-refractivity contribution in [2.75, 3.05) is 13.1 Å². The maximum atomic E-state index is 11.8. The van der Waals surface area contributed by atoms with Crippen LogP contribution < -0.4 is 10.6 Å². The molecule has 21 heavy (non-hydrogen) atoms. The molecule has 0 aromatic heterocycles. The molecular formula is C17H27ClN2O. The van der Waals surface area contributed by atoms with Gasteiger partial charge in [-0.15, -0.1) is 12.4 Å². The number of halogens is 1. The highest BCUT2D eigenvalue weighted by atomic mass is 35.5. The van der Waals surface area contributed by atoms with Crippen molar-refractivity contribution in [1.82, 2.24) is 10.6 Å². The van der Waals surface area contributed by atoms with Gasteiger partial charge in [0.25, 0.3) is 0 Å². The molecule has 1 heterocycles. The van der Waals surface area contributed by atoms with Gasteiger partial charge in [-0.1, -0.05) is 29.8 Å². The lowest BCUT2D eigenvalue weighted by molar-refractivity contribution is -0.122. The van der Waals surface area contributed by atoms with E-state index in [4.69, 9.17) is 0 Å². The summed E-state index contributed by atoms with van der Waals surface area (Å²) in [5, 5.41) is 6.44. The van der Waals surface area contributed by atoms with E-state index in [-0.39, 0.29) is 18.3 Å². The molecule has 0 bridgehead atoms. The summed E-state index contributed by atoms with van der Waals surface area (Å²) in [4.78, 5) is 11.8. The number of amides is 1. The number of nitrogens with one attached hydrogen (secondary N) is 2. The number of carbonyl (C=O) groups is 1. The van der Waals surface area contributed by atoms with Crippen molar-refractivity contribution < 1.29 is 4.79 Å². The van der Waals surface area contributed by atoms with Gasteiger partial charge in [0, 0.05) is 19.0 Å². The average molecular weight is 311 g/mol. The van der Waals surface area contributed by atoms with Crippen molar-refractivity contribution in [1.29, 1.82) is 0 Å². The first-order chi connectivity index (χ1) is 9.74. The van der Waals surface area contributed by atoms with Gasteiger partial charge in [0.05, 0.1) is 0 Å². The minimum absolute atomic E-state index is 0. The van der Waals surface area contributed by atoms with Crippen LogP contribution >= 0.6 is 12.4 Å². The molecule has 1 aromatic rings. The van der Waals surface area contributed by atoms with Gasteiger partial charge >= 0.3 is 0 Å². The number of hydrogen-bond donors (Lipinski definition) is 2. The predicted molar refractivity (Wildman–Crippen MR) is 90.0 cm³/mol. The number of rotatable bonds is 6. The molecule has 0 aliphatic carbocycles. The highest BCUT2D eigenvalue weighted by Gasteiger charge is 2.14. The van der Waals surface area contributed by atoms with Gasteiger partial charge in [0.15, 0.2) is 0 Å². The first-order valence-electron chi connectivity index (χ1n) is 7.79. The lowest BCUT2D eigenvalue weighted by Gasteiger charge is -2.23. The summed E-state index contributed by atoms with van der Waals surface area (Å²) in [6.07, 6.45) is 6.06. The van der Waals surface area contributed by atoms with Crippen LogP contribution in [0.4, 0.5) is 0 Å². The van der Waals surface area contributed by atoms with E-state index in [0.717, 1.165) is 38.8 Å². The van der Waals surface area contributed by atoms with E-state index < -0.39 is 0 Å². The molecule has 1 aliphatic rings. The summed E-state index contributed by atoms with van der Waals surface area (Å²) in [5.41, 5.74) is 2.67. The van der Waals surface area contributed by atoms with Gasteiger partial charge in [0.2, 0.25) is 5.91 Å². The van der Waals surface area contributed by atoms with Crippen molar-refractivity contribution >= 4 is 18.3 Å². The Morgan fingerprint density at radius 3 is 2.71 bits per heavy atom. The molecule has 3 nitrogen and oxygen atoms in total. The highest BCUT2D eigenvalue weighted by molar-refractivity contribution is 5.85. The summed E-state index contributed by atoms with van der Waals surface area (Å²) < 4.78 is 0. The van der Waals surface area contributed by atoms with E-state index in [1.165, 1.54) is 17.5 Å².